The van der Waals surface area contributed by atoms with Crippen molar-refractivity contribution in [3.63, 3.8) is 0 Å². The first kappa shape index (κ1) is 30.8. The van der Waals surface area contributed by atoms with Crippen LogP contribution in [0.1, 0.15) is 64.2 Å². The molecule has 3 N–H and O–H groups in total. The van der Waals surface area contributed by atoms with Gasteiger partial charge in [0.1, 0.15) is 17.1 Å². The van der Waals surface area contributed by atoms with Crippen LogP contribution in [0.3, 0.4) is 0 Å². The zero-order chi connectivity index (χ0) is 30.9. The molecule has 1 atom stereocenters. The number of halogens is 3. The fourth-order valence-electron chi connectivity index (χ4n) is 5.56. The summed E-state index contributed by atoms with van der Waals surface area (Å²) in [5, 5.41) is 15.6. The highest BCUT2D eigenvalue weighted by Crippen LogP contribution is 2.42. The number of methoxy groups -OCH3 is 1. The molecule has 1 amide bonds. The quantitative estimate of drug-likeness (QED) is 0.240. The maximum atomic E-state index is 14.1. The first-order valence-electron chi connectivity index (χ1n) is 13.8. The molecule has 0 bridgehead atoms. The Morgan fingerprint density at radius 2 is 1.84 bits per heavy atom. The van der Waals surface area contributed by atoms with Crippen LogP contribution in [0.2, 0.25) is 0 Å². The molecule has 1 aliphatic carbocycles. The van der Waals surface area contributed by atoms with E-state index in [2.05, 4.69) is 20.6 Å². The molecule has 1 aliphatic heterocycles. The lowest BCUT2D eigenvalue weighted by Crippen LogP contribution is -2.18. The maximum absolute atomic E-state index is 14.1. The second kappa shape index (κ2) is 12.5. The largest absolute Gasteiger partial charge is 0.495 e. The summed E-state index contributed by atoms with van der Waals surface area (Å²) in [7, 11) is 0.953. The van der Waals surface area contributed by atoms with Crippen molar-refractivity contribution in [2.45, 2.75) is 57.0 Å². The first-order chi connectivity index (χ1) is 20.4. The Balaban J connectivity index is 1.48. The zero-order valence-corrected chi connectivity index (χ0v) is 24.9. The Labute approximate surface area is 247 Å². The third kappa shape index (κ3) is 6.79. The van der Waals surface area contributed by atoms with Gasteiger partial charge < -0.3 is 29.9 Å². The Morgan fingerprint density at radius 3 is 2.51 bits per heavy atom. The van der Waals surface area contributed by atoms with Crippen LogP contribution in [0, 0.1) is 0 Å². The van der Waals surface area contributed by atoms with Crippen LogP contribution in [0.4, 0.5) is 36.3 Å². The molecule has 0 spiro atoms. The van der Waals surface area contributed by atoms with Crippen LogP contribution in [0.25, 0.3) is 0 Å². The average molecular weight is 620 g/mol. The predicted octanol–water partition coefficient (Wildman–Crippen LogP) is 6.22. The van der Waals surface area contributed by atoms with Gasteiger partial charge in [0.25, 0.3) is 5.91 Å². The molecule has 43 heavy (non-hydrogen) atoms. The number of nitrogens with one attached hydrogen (secondary N) is 2. The highest BCUT2D eigenvalue weighted by molar-refractivity contribution is 7.38. The molecule has 3 aromatic rings. The molecular formula is C29H33F3N5O5P. The molecule has 1 aromatic heterocycles. The van der Waals surface area contributed by atoms with E-state index in [1.165, 1.54) is 18.7 Å². The van der Waals surface area contributed by atoms with Crippen molar-refractivity contribution < 1.29 is 36.9 Å². The molecular weight excluding hydrogens is 586 g/mol. The molecule has 5 rings (SSSR count). The lowest BCUT2D eigenvalue weighted by atomic mass is 9.80. The zero-order valence-electron chi connectivity index (χ0n) is 23.9. The van der Waals surface area contributed by atoms with Crippen LogP contribution in [0.15, 0.2) is 36.5 Å². The molecule has 230 valence electrons. The van der Waals surface area contributed by atoms with Gasteiger partial charge in [0.05, 0.1) is 36.8 Å². The number of fused-ring (bicyclic) bond motifs is 1. The van der Waals surface area contributed by atoms with Gasteiger partial charge in [-0.05, 0) is 66.5 Å². The monoisotopic (exact) mass is 619 g/mol. The highest BCUT2D eigenvalue weighted by Gasteiger charge is 2.37. The van der Waals surface area contributed by atoms with Gasteiger partial charge in [-0.3, -0.25) is 9.36 Å². The number of aliphatic hydroxyl groups excluding tert-OH is 1. The Morgan fingerprint density at radius 1 is 1.12 bits per heavy atom. The summed E-state index contributed by atoms with van der Waals surface area (Å²) in [6.07, 6.45) is -1.55. The fraction of sp³-hybridized carbons (Fsp3) is 0.414. The number of alkyl halides is 3. The number of aromatic nitrogens is 2. The lowest BCUT2D eigenvalue weighted by molar-refractivity contribution is -0.137. The summed E-state index contributed by atoms with van der Waals surface area (Å²) < 4.78 is 64.1. The van der Waals surface area contributed by atoms with Crippen LogP contribution >= 0.6 is 8.03 Å². The van der Waals surface area contributed by atoms with Crippen molar-refractivity contribution >= 4 is 37.1 Å². The number of hydrogen-bond donors (Lipinski definition) is 3. The predicted molar refractivity (Wildman–Crippen MR) is 156 cm³/mol. The summed E-state index contributed by atoms with van der Waals surface area (Å²) in [5.74, 6) is -0.427. The van der Waals surface area contributed by atoms with Crippen molar-refractivity contribution in [1.29, 1.82) is 0 Å². The smallest absolute Gasteiger partial charge is 0.421 e. The number of rotatable bonds is 9. The second-order valence-corrected chi connectivity index (χ2v) is 12.0. The minimum Gasteiger partial charge on any atom is -0.495 e. The molecule has 2 aromatic carbocycles. The minimum atomic E-state index is -4.77. The molecule has 14 heteroatoms. The number of hydrogen-bond acceptors (Lipinski definition) is 9. The van der Waals surface area contributed by atoms with Gasteiger partial charge in [-0.15, -0.1) is 0 Å². The van der Waals surface area contributed by atoms with E-state index in [1.54, 1.807) is 31.3 Å². The molecule has 10 nitrogen and oxygen atoms in total. The highest BCUT2D eigenvalue weighted by atomic mass is 31.1. The number of amides is 1. The van der Waals surface area contributed by atoms with Gasteiger partial charge in [-0.2, -0.15) is 18.2 Å². The van der Waals surface area contributed by atoms with Crippen LogP contribution in [-0.2, 0) is 28.4 Å². The summed E-state index contributed by atoms with van der Waals surface area (Å²) in [4.78, 5) is 22.8. The number of ether oxygens (including phenoxy) is 1. The van der Waals surface area contributed by atoms with E-state index in [9.17, 15) is 27.6 Å². The first-order valence-corrected chi connectivity index (χ1v) is 15.6. The van der Waals surface area contributed by atoms with E-state index in [1.807, 2.05) is 6.07 Å². The van der Waals surface area contributed by atoms with E-state index in [4.69, 9.17) is 9.26 Å². The number of benzene rings is 2. The summed E-state index contributed by atoms with van der Waals surface area (Å²) in [6.45, 7) is 1.93. The number of carbonyl (C=O) groups excluding carboxylic acids is 1. The molecule has 0 radical (unpaired) electrons. The van der Waals surface area contributed by atoms with Gasteiger partial charge in [0.2, 0.25) is 5.95 Å². The molecule has 1 saturated carbocycles. The van der Waals surface area contributed by atoms with E-state index >= 15 is 0 Å². The second-order valence-electron chi connectivity index (χ2n) is 10.7. The van der Waals surface area contributed by atoms with Crippen LogP contribution in [-0.4, -0.2) is 52.8 Å². The normalized spacial score (nSPS) is 19.2. The summed E-state index contributed by atoms with van der Waals surface area (Å²) >= 11 is 0. The van der Waals surface area contributed by atoms with E-state index in [0.717, 1.165) is 24.0 Å². The Hall–Kier alpha value is -3.67. The average Bonchev–Trinajstić information content (AvgIpc) is 3.26. The van der Waals surface area contributed by atoms with Crippen LogP contribution in [0.5, 0.6) is 5.75 Å². The van der Waals surface area contributed by atoms with Crippen molar-refractivity contribution in [2.75, 3.05) is 31.5 Å². The van der Waals surface area contributed by atoms with Gasteiger partial charge in [0, 0.05) is 26.5 Å². The van der Waals surface area contributed by atoms with E-state index in [-0.39, 0.29) is 36.2 Å². The number of carbonyl (C=O) groups is 1. The summed E-state index contributed by atoms with van der Waals surface area (Å²) in [5.41, 5.74) is 2.29. The Kier molecular flexibility index (Phi) is 8.96. The lowest BCUT2D eigenvalue weighted by Gasteiger charge is -2.27. The minimum absolute atomic E-state index is 0.107. The summed E-state index contributed by atoms with van der Waals surface area (Å²) in [6, 6.07) is 8.45. The third-order valence-corrected chi connectivity index (χ3v) is 8.29. The van der Waals surface area contributed by atoms with E-state index < -0.39 is 25.6 Å². The molecule has 2 aliphatic rings. The van der Waals surface area contributed by atoms with Crippen LogP contribution < -0.4 is 15.4 Å². The SMILES string of the molecule is COc1cc(CO[PH](C)=O)ccc1Nc1ncc(C(F)(F)F)c(Nc2ccc([C@H]3CC[C@H](O)CC3)c3c2C(=O)N(C)C3)n1. The molecule has 0 saturated heterocycles. The number of aliphatic hydroxyl groups is 1. The maximum Gasteiger partial charge on any atom is 0.421 e. The number of nitrogens with zero attached hydrogens (tertiary/aromatic N) is 3. The topological polar surface area (TPSA) is 126 Å². The molecule has 1 fully saturated rings. The van der Waals surface area contributed by atoms with Gasteiger partial charge >= 0.3 is 6.18 Å². The van der Waals surface area contributed by atoms with Crippen molar-refractivity contribution in [2.24, 2.45) is 0 Å². The van der Waals surface area contributed by atoms with Gasteiger partial charge in [0.15, 0.2) is 8.03 Å². The van der Waals surface area contributed by atoms with Crippen molar-refractivity contribution in [3.8, 4) is 5.75 Å². The standard InChI is InChI=1S/C29H33F3N5O5P/c1-37-14-20-19(17-5-7-18(38)8-6-17)9-11-23(25(20)27(37)39)34-26-21(29(30,31)32)13-33-28(36-26)35-22-10-4-16(12-24(22)41-2)15-42-43(3)40/h4,9-13,17-18,38,43H,5-8,14-15H2,1-3H3,(H2,33,34,35,36)/t17-,18-. The number of anilines is 4. The van der Waals surface area contributed by atoms with Crippen molar-refractivity contribution in [1.82, 2.24) is 14.9 Å². The van der Waals surface area contributed by atoms with Gasteiger partial charge in [-0.25, -0.2) is 4.98 Å². The van der Waals surface area contributed by atoms with Gasteiger partial charge in [-0.1, -0.05) is 12.1 Å². The fourth-order valence-corrected chi connectivity index (χ4v) is 5.93. The molecule has 1 unspecified atom stereocenters. The third-order valence-electron chi connectivity index (χ3n) is 7.74. The van der Waals surface area contributed by atoms with Crippen molar-refractivity contribution in [3.05, 3.63) is 64.3 Å². The Bertz CT molecular complexity index is 1550. The van der Waals surface area contributed by atoms with E-state index in [0.29, 0.717) is 48.1 Å². The molecule has 2 heterocycles.